The average Bonchev–Trinajstić information content (AvgIpc) is 2.96. The summed E-state index contributed by atoms with van der Waals surface area (Å²) in [5.41, 5.74) is 0.485. The minimum atomic E-state index is -4.58. The van der Waals surface area contributed by atoms with Gasteiger partial charge in [0.25, 0.3) is 5.91 Å². The van der Waals surface area contributed by atoms with E-state index in [1.165, 1.54) is 12.4 Å². The maximum Gasteiger partial charge on any atom is 0.416 e. The summed E-state index contributed by atoms with van der Waals surface area (Å²) in [6, 6.07) is 7.25. The van der Waals surface area contributed by atoms with Crippen LogP contribution in [0.25, 0.3) is 11.1 Å². The first-order valence-corrected chi connectivity index (χ1v) is 13.2. The Balaban J connectivity index is 1.22. The van der Waals surface area contributed by atoms with Crippen molar-refractivity contribution in [1.29, 1.82) is 5.41 Å². The third-order valence-corrected chi connectivity index (χ3v) is 7.23. The summed E-state index contributed by atoms with van der Waals surface area (Å²) in [5.74, 6) is -1.35. The molecule has 9 nitrogen and oxygen atoms in total. The van der Waals surface area contributed by atoms with Crippen LogP contribution in [0.4, 0.5) is 13.2 Å². The van der Waals surface area contributed by atoms with Crippen LogP contribution in [0.2, 0.25) is 0 Å². The number of hydrogen-bond donors (Lipinski definition) is 4. The number of halogens is 3. The Hall–Kier alpha value is -4.19. The molecule has 216 valence electrons. The monoisotopic (exact) mass is 568 g/mol. The Morgan fingerprint density at radius 3 is 2.44 bits per heavy atom. The molecule has 0 radical (unpaired) electrons. The van der Waals surface area contributed by atoms with Crippen molar-refractivity contribution >= 4 is 17.5 Å². The number of benzene rings is 1. The zero-order chi connectivity index (χ0) is 29.6. The van der Waals surface area contributed by atoms with Gasteiger partial charge in [-0.05, 0) is 62.8 Å². The first-order valence-electron chi connectivity index (χ1n) is 13.2. The van der Waals surface area contributed by atoms with Gasteiger partial charge in [0.1, 0.15) is 11.9 Å². The van der Waals surface area contributed by atoms with E-state index < -0.39 is 41.7 Å². The fourth-order valence-electron chi connectivity index (χ4n) is 4.96. The molecule has 2 amide bonds. The molecule has 1 atom stereocenters. The van der Waals surface area contributed by atoms with Gasteiger partial charge in [-0.25, -0.2) is 9.97 Å². The van der Waals surface area contributed by atoms with Gasteiger partial charge in [0, 0.05) is 53.5 Å². The van der Waals surface area contributed by atoms with Crippen LogP contribution in [0.1, 0.15) is 60.6 Å². The second-order valence-electron chi connectivity index (χ2n) is 10.3. The number of amides is 2. The highest BCUT2D eigenvalue weighted by atomic mass is 19.4. The van der Waals surface area contributed by atoms with Crippen LogP contribution in [-0.4, -0.2) is 50.2 Å². The van der Waals surface area contributed by atoms with Crippen molar-refractivity contribution in [1.82, 2.24) is 25.6 Å². The van der Waals surface area contributed by atoms with Gasteiger partial charge in [-0.15, -0.1) is 0 Å². The molecule has 1 aliphatic carbocycles. The van der Waals surface area contributed by atoms with Crippen LogP contribution in [-0.2, 0) is 16.6 Å². The molecule has 12 heteroatoms. The van der Waals surface area contributed by atoms with Gasteiger partial charge in [-0.1, -0.05) is 12.1 Å². The highest BCUT2D eigenvalue weighted by Gasteiger charge is 2.37. The predicted octanol–water partition coefficient (Wildman–Crippen LogP) is 4.28. The number of rotatable bonds is 9. The number of nitrogens with one attached hydrogen (secondary N) is 3. The number of hydrogen-bond acceptors (Lipinski definition) is 7. The SMILES string of the molecule is C[C@H](CC(=N)C1CCC(O)(c2ccc(-c3cncnc3)cn2)CC1)NC(=O)CNC(=O)c1cccc(C(F)(F)F)c1. The minimum Gasteiger partial charge on any atom is -0.384 e. The topological polar surface area (TPSA) is 141 Å². The van der Waals surface area contributed by atoms with E-state index >= 15 is 0 Å². The maximum absolute atomic E-state index is 12.9. The van der Waals surface area contributed by atoms with Crippen molar-refractivity contribution in [3.05, 3.63) is 78.1 Å². The molecule has 0 bridgehead atoms. The number of pyridine rings is 1. The minimum absolute atomic E-state index is 0.0454. The van der Waals surface area contributed by atoms with E-state index in [0.717, 1.165) is 29.3 Å². The van der Waals surface area contributed by atoms with Gasteiger partial charge in [0.2, 0.25) is 5.91 Å². The molecule has 2 aromatic heterocycles. The van der Waals surface area contributed by atoms with Crippen molar-refractivity contribution in [3.8, 4) is 11.1 Å². The molecule has 0 saturated heterocycles. The Kier molecular flexibility index (Phi) is 9.11. The summed E-state index contributed by atoms with van der Waals surface area (Å²) in [6.45, 7) is 1.33. The predicted molar refractivity (Wildman–Crippen MR) is 145 cm³/mol. The lowest BCUT2D eigenvalue weighted by Gasteiger charge is -2.36. The molecule has 0 aliphatic heterocycles. The Morgan fingerprint density at radius 1 is 1.10 bits per heavy atom. The second-order valence-corrected chi connectivity index (χ2v) is 10.3. The molecule has 1 aromatic carbocycles. The van der Waals surface area contributed by atoms with Gasteiger partial charge < -0.3 is 21.1 Å². The maximum atomic E-state index is 12.9. The molecule has 4 rings (SSSR count). The molecule has 0 spiro atoms. The summed E-state index contributed by atoms with van der Waals surface area (Å²) in [7, 11) is 0. The fourth-order valence-corrected chi connectivity index (χ4v) is 4.96. The van der Waals surface area contributed by atoms with Gasteiger partial charge >= 0.3 is 6.18 Å². The number of nitrogens with zero attached hydrogens (tertiary/aromatic N) is 3. The zero-order valence-corrected chi connectivity index (χ0v) is 22.4. The van der Waals surface area contributed by atoms with Crippen molar-refractivity contribution in [2.45, 2.75) is 56.8 Å². The van der Waals surface area contributed by atoms with Gasteiger partial charge in [-0.3, -0.25) is 14.6 Å². The standard InChI is InChI=1S/C29H31F3N6O3/c1-18(38-26(39)16-37-27(40)20-3-2-4-23(12-20)29(30,31)32)11-24(33)19-7-9-28(41,10-8-19)25-6-5-21(15-36-25)22-13-34-17-35-14-22/h2-6,12-15,17-19,33,41H,7-11,16H2,1H3,(H,37,40)(H,38,39)/t18-,19?,28?/m1/s1. The lowest BCUT2D eigenvalue weighted by atomic mass is 9.74. The summed E-state index contributed by atoms with van der Waals surface area (Å²) in [6.07, 6.45) is 4.32. The van der Waals surface area contributed by atoms with Gasteiger partial charge in [0.05, 0.1) is 17.8 Å². The van der Waals surface area contributed by atoms with Crippen molar-refractivity contribution in [2.24, 2.45) is 5.92 Å². The third-order valence-electron chi connectivity index (χ3n) is 7.23. The first-order chi connectivity index (χ1) is 19.4. The molecular weight excluding hydrogens is 537 g/mol. The third kappa shape index (κ3) is 7.72. The highest BCUT2D eigenvalue weighted by molar-refractivity contribution is 5.96. The molecule has 3 aromatic rings. The average molecular weight is 569 g/mol. The number of aliphatic hydroxyl groups is 1. The molecular formula is C29H31F3N6O3. The summed E-state index contributed by atoms with van der Waals surface area (Å²) in [5, 5.41) is 24.8. The first kappa shape index (κ1) is 29.8. The van der Waals surface area contributed by atoms with E-state index in [0.29, 0.717) is 43.5 Å². The van der Waals surface area contributed by atoms with E-state index in [4.69, 9.17) is 5.41 Å². The number of carbonyl (C=O) groups is 2. The lowest BCUT2D eigenvalue weighted by molar-refractivity contribution is -0.137. The van der Waals surface area contributed by atoms with E-state index in [2.05, 4.69) is 25.6 Å². The Morgan fingerprint density at radius 2 is 1.80 bits per heavy atom. The molecule has 41 heavy (non-hydrogen) atoms. The second kappa shape index (κ2) is 12.5. The Bertz CT molecular complexity index is 1370. The molecule has 1 saturated carbocycles. The quantitative estimate of drug-likeness (QED) is 0.284. The molecule has 1 aliphatic rings. The normalized spacial score (nSPS) is 19.7. The van der Waals surface area contributed by atoms with Gasteiger partial charge in [-0.2, -0.15) is 13.2 Å². The van der Waals surface area contributed by atoms with Gasteiger partial charge in [0.15, 0.2) is 0 Å². The van der Waals surface area contributed by atoms with Crippen LogP contribution in [0.15, 0.2) is 61.3 Å². The van der Waals surface area contributed by atoms with Crippen LogP contribution >= 0.6 is 0 Å². The van der Waals surface area contributed by atoms with Crippen LogP contribution in [0.3, 0.4) is 0 Å². The molecule has 0 unspecified atom stereocenters. The van der Waals surface area contributed by atoms with Crippen molar-refractivity contribution in [2.75, 3.05) is 6.54 Å². The summed E-state index contributed by atoms with van der Waals surface area (Å²) >= 11 is 0. The summed E-state index contributed by atoms with van der Waals surface area (Å²) in [4.78, 5) is 37.0. The fraction of sp³-hybridized carbons (Fsp3) is 0.379. The molecule has 1 fully saturated rings. The Labute approximate surface area is 235 Å². The van der Waals surface area contributed by atoms with E-state index in [1.807, 2.05) is 6.07 Å². The largest absolute Gasteiger partial charge is 0.416 e. The number of aromatic nitrogens is 3. The van der Waals surface area contributed by atoms with E-state index in [-0.39, 0.29) is 11.5 Å². The van der Waals surface area contributed by atoms with Crippen LogP contribution in [0.5, 0.6) is 0 Å². The highest BCUT2D eigenvalue weighted by Crippen LogP contribution is 2.39. The van der Waals surface area contributed by atoms with Crippen molar-refractivity contribution in [3.63, 3.8) is 0 Å². The molecule has 4 N–H and O–H groups in total. The van der Waals surface area contributed by atoms with E-state index in [1.54, 1.807) is 31.6 Å². The number of alkyl halides is 3. The lowest BCUT2D eigenvalue weighted by Crippen LogP contribution is -2.42. The zero-order valence-electron chi connectivity index (χ0n) is 22.4. The molecule has 2 heterocycles. The van der Waals surface area contributed by atoms with Crippen molar-refractivity contribution < 1.29 is 27.9 Å². The van der Waals surface area contributed by atoms with E-state index in [9.17, 15) is 27.9 Å². The number of carbonyl (C=O) groups excluding carboxylic acids is 2. The van der Waals surface area contributed by atoms with Crippen LogP contribution in [0, 0.1) is 11.3 Å². The van der Waals surface area contributed by atoms with Crippen LogP contribution < -0.4 is 10.6 Å². The summed E-state index contributed by atoms with van der Waals surface area (Å²) < 4.78 is 38.6. The smallest absolute Gasteiger partial charge is 0.384 e.